The van der Waals surface area contributed by atoms with Gasteiger partial charge in [-0.3, -0.25) is 14.8 Å². The molecule has 2 aromatic rings. The predicted octanol–water partition coefficient (Wildman–Crippen LogP) is 1.89. The summed E-state index contributed by atoms with van der Waals surface area (Å²) in [5.74, 6) is -1.07. The summed E-state index contributed by atoms with van der Waals surface area (Å²) in [5, 5.41) is 8.51. The number of nitrogens with two attached hydrogens (primary N) is 1. The van der Waals surface area contributed by atoms with E-state index in [2.05, 4.69) is 0 Å². The normalized spacial score (nSPS) is 10.6. The molecule has 5 heteroatoms. The maximum absolute atomic E-state index is 11.5. The van der Waals surface area contributed by atoms with Crippen molar-refractivity contribution in [2.24, 2.45) is 5.73 Å². The molecular weight excluding hydrogens is 280 g/mol. The van der Waals surface area contributed by atoms with E-state index in [1.807, 2.05) is 36.4 Å². The third-order valence-electron chi connectivity index (χ3n) is 3.24. The Morgan fingerprint density at radius 3 is 2.36 bits per heavy atom. The number of carbonyl (C=O) groups excluding carboxylic acids is 2. The molecule has 0 saturated heterocycles. The van der Waals surface area contributed by atoms with Crippen LogP contribution in [0.4, 0.5) is 0 Å². The van der Waals surface area contributed by atoms with Gasteiger partial charge in [0.05, 0.1) is 0 Å². The molecule has 0 aliphatic carbocycles. The van der Waals surface area contributed by atoms with Crippen LogP contribution in [0, 0.1) is 0 Å². The maximum Gasteiger partial charge on any atom is 0.267 e. The van der Waals surface area contributed by atoms with E-state index < -0.39 is 11.8 Å². The highest BCUT2D eigenvalue weighted by atomic mass is 16.5. The van der Waals surface area contributed by atoms with E-state index in [9.17, 15) is 9.59 Å². The van der Waals surface area contributed by atoms with Crippen LogP contribution in [0.15, 0.2) is 54.6 Å². The van der Waals surface area contributed by atoms with Crippen molar-refractivity contribution in [3.63, 3.8) is 0 Å². The molecule has 2 aromatic carbocycles. The molecule has 0 spiro atoms. The second-order valence-electron chi connectivity index (χ2n) is 4.71. The van der Waals surface area contributed by atoms with Crippen LogP contribution in [0.5, 0.6) is 0 Å². The number of rotatable bonds is 5. The summed E-state index contributed by atoms with van der Waals surface area (Å²) < 4.78 is 0. The number of benzene rings is 2. The zero-order valence-corrected chi connectivity index (χ0v) is 11.8. The van der Waals surface area contributed by atoms with Crippen molar-refractivity contribution in [3.05, 3.63) is 76.9 Å². The van der Waals surface area contributed by atoms with Gasteiger partial charge in [0.15, 0.2) is 0 Å². The van der Waals surface area contributed by atoms with Crippen LogP contribution in [-0.2, 0) is 11.2 Å². The molecule has 4 N–H and O–H groups in total. The summed E-state index contributed by atoms with van der Waals surface area (Å²) in [4.78, 5) is 22.6. The van der Waals surface area contributed by atoms with Gasteiger partial charge >= 0.3 is 0 Å². The van der Waals surface area contributed by atoms with E-state index >= 15 is 0 Å². The predicted molar refractivity (Wildman–Crippen MR) is 83.2 cm³/mol. The van der Waals surface area contributed by atoms with E-state index in [4.69, 9.17) is 10.9 Å². The van der Waals surface area contributed by atoms with Gasteiger partial charge in [0.1, 0.15) is 0 Å². The molecule has 0 heterocycles. The quantitative estimate of drug-likeness (QED) is 0.447. The van der Waals surface area contributed by atoms with Gasteiger partial charge in [-0.2, -0.15) is 0 Å². The Morgan fingerprint density at radius 2 is 1.68 bits per heavy atom. The second kappa shape index (κ2) is 7.19. The first-order valence-corrected chi connectivity index (χ1v) is 6.69. The van der Waals surface area contributed by atoms with E-state index in [1.165, 1.54) is 6.08 Å². The summed E-state index contributed by atoms with van der Waals surface area (Å²) in [7, 11) is 0. The molecule has 112 valence electrons. The third-order valence-corrected chi connectivity index (χ3v) is 3.24. The zero-order chi connectivity index (χ0) is 15.9. The molecule has 0 atom stereocenters. The summed E-state index contributed by atoms with van der Waals surface area (Å²) in [6.45, 7) is 0. The first-order chi connectivity index (χ1) is 10.6. The lowest BCUT2D eigenvalue weighted by Gasteiger charge is -2.09. The minimum atomic E-state index is -0.604. The van der Waals surface area contributed by atoms with Crippen LogP contribution < -0.4 is 11.2 Å². The number of amides is 2. The van der Waals surface area contributed by atoms with Gasteiger partial charge in [-0.25, -0.2) is 5.48 Å². The molecule has 0 radical (unpaired) electrons. The molecule has 22 heavy (non-hydrogen) atoms. The van der Waals surface area contributed by atoms with Crippen molar-refractivity contribution >= 4 is 17.9 Å². The van der Waals surface area contributed by atoms with Crippen LogP contribution in [0.1, 0.15) is 27.0 Å². The molecule has 0 aromatic heterocycles. The van der Waals surface area contributed by atoms with Crippen LogP contribution in [0.2, 0.25) is 0 Å². The van der Waals surface area contributed by atoms with Crippen LogP contribution >= 0.6 is 0 Å². The Labute approximate surface area is 128 Å². The largest absolute Gasteiger partial charge is 0.366 e. The molecule has 0 unspecified atom stereocenters. The average Bonchev–Trinajstić information content (AvgIpc) is 2.54. The van der Waals surface area contributed by atoms with E-state index in [0.717, 1.165) is 16.7 Å². The minimum absolute atomic E-state index is 0.469. The first-order valence-electron chi connectivity index (χ1n) is 6.69. The van der Waals surface area contributed by atoms with Gasteiger partial charge in [-0.15, -0.1) is 0 Å². The third kappa shape index (κ3) is 3.80. The average molecular weight is 296 g/mol. The smallest absolute Gasteiger partial charge is 0.267 e. The Kier molecular flexibility index (Phi) is 5.06. The van der Waals surface area contributed by atoms with Gasteiger partial charge in [0.2, 0.25) is 5.91 Å². The Morgan fingerprint density at radius 1 is 1.05 bits per heavy atom. The van der Waals surface area contributed by atoms with Crippen molar-refractivity contribution in [2.45, 2.75) is 6.42 Å². The van der Waals surface area contributed by atoms with Gasteiger partial charge in [0.25, 0.3) is 5.91 Å². The Bertz CT molecular complexity index is 723. The number of nitrogens with one attached hydrogen (secondary N) is 1. The zero-order valence-electron chi connectivity index (χ0n) is 11.8. The topological polar surface area (TPSA) is 92.4 Å². The van der Waals surface area contributed by atoms with Gasteiger partial charge < -0.3 is 5.73 Å². The van der Waals surface area contributed by atoms with Crippen molar-refractivity contribution in [2.75, 3.05) is 0 Å². The summed E-state index contributed by atoms with van der Waals surface area (Å²) >= 11 is 0. The van der Waals surface area contributed by atoms with Crippen molar-refractivity contribution in [3.8, 4) is 0 Å². The maximum atomic E-state index is 11.5. The molecule has 0 fully saturated rings. The number of hydrogen-bond donors (Lipinski definition) is 3. The van der Waals surface area contributed by atoms with E-state index in [-0.39, 0.29) is 0 Å². The molecule has 0 bridgehead atoms. The number of hydroxylamine groups is 1. The molecular formula is C17H16N2O3. The lowest BCUT2D eigenvalue weighted by Crippen LogP contribution is -2.15. The Balaban J connectivity index is 2.33. The highest BCUT2D eigenvalue weighted by Crippen LogP contribution is 2.18. The van der Waals surface area contributed by atoms with Gasteiger partial charge in [-0.1, -0.05) is 42.5 Å². The van der Waals surface area contributed by atoms with Crippen LogP contribution in [0.25, 0.3) is 6.08 Å². The Hall–Kier alpha value is -2.92. The lowest BCUT2D eigenvalue weighted by molar-refractivity contribution is -0.124. The number of carbonyl (C=O) groups is 2. The van der Waals surface area contributed by atoms with Gasteiger partial charge in [0, 0.05) is 11.6 Å². The molecule has 2 amide bonds. The molecule has 2 rings (SSSR count). The van der Waals surface area contributed by atoms with Gasteiger partial charge in [-0.05, 0) is 35.3 Å². The highest BCUT2D eigenvalue weighted by molar-refractivity contribution is 5.94. The summed E-state index contributed by atoms with van der Waals surface area (Å²) in [6.07, 6.45) is 3.35. The number of primary amides is 1. The first kappa shape index (κ1) is 15.5. The lowest BCUT2D eigenvalue weighted by atomic mass is 9.96. The summed E-state index contributed by atoms with van der Waals surface area (Å²) in [5.41, 5.74) is 10.0. The molecule has 5 nitrogen and oxygen atoms in total. The fraction of sp³-hybridized carbons (Fsp3) is 0.0588. The van der Waals surface area contributed by atoms with Crippen molar-refractivity contribution in [1.82, 2.24) is 5.48 Å². The minimum Gasteiger partial charge on any atom is -0.366 e. The summed E-state index contributed by atoms with van der Waals surface area (Å²) in [6, 6.07) is 14.6. The van der Waals surface area contributed by atoms with Crippen molar-refractivity contribution < 1.29 is 14.8 Å². The fourth-order valence-electron chi connectivity index (χ4n) is 2.18. The van der Waals surface area contributed by atoms with Crippen LogP contribution in [0.3, 0.4) is 0 Å². The standard InChI is InChI=1S/C17H16N2O3/c18-17(21)15-8-4-3-7-14(15)11-13-6-2-1-5-12(13)9-10-16(20)19-22/h1-10,22H,11H2,(H2,18,21)(H,19,20)/b10-9+. The van der Waals surface area contributed by atoms with Crippen LogP contribution in [-0.4, -0.2) is 17.0 Å². The van der Waals surface area contributed by atoms with E-state index in [0.29, 0.717) is 12.0 Å². The molecule has 0 saturated carbocycles. The molecule has 0 aliphatic rings. The monoisotopic (exact) mass is 296 g/mol. The van der Waals surface area contributed by atoms with Crippen molar-refractivity contribution in [1.29, 1.82) is 0 Å². The molecule has 0 aliphatic heterocycles. The van der Waals surface area contributed by atoms with E-state index in [1.54, 1.807) is 23.7 Å². The highest BCUT2D eigenvalue weighted by Gasteiger charge is 2.09. The fourth-order valence-corrected chi connectivity index (χ4v) is 2.18. The number of hydrogen-bond acceptors (Lipinski definition) is 3. The SMILES string of the molecule is NC(=O)c1ccccc1Cc1ccccc1/C=C/C(=O)NO. The second-order valence-corrected chi connectivity index (χ2v) is 4.71.